The quantitative estimate of drug-likeness (QED) is 0.782. The highest BCUT2D eigenvalue weighted by Crippen LogP contribution is 2.24. The molecular weight excluding hydrogens is 277 g/mol. The highest BCUT2D eigenvalue weighted by atomic mass is 35.5. The molecule has 1 N–H and O–H groups in total. The van der Waals surface area contributed by atoms with E-state index in [1.54, 1.807) is 0 Å². The van der Waals surface area contributed by atoms with Gasteiger partial charge in [-0.25, -0.2) is 0 Å². The molecule has 0 saturated heterocycles. The fraction of sp³-hybridized carbons (Fsp3) is 0.500. The van der Waals surface area contributed by atoms with E-state index in [1.165, 1.54) is 5.57 Å². The highest BCUT2D eigenvalue weighted by molar-refractivity contribution is 6.42. The predicted octanol–water partition coefficient (Wildman–Crippen LogP) is 5.42. The highest BCUT2D eigenvalue weighted by Gasteiger charge is 2.11. The molecule has 0 spiro atoms. The third kappa shape index (κ3) is 5.99. The lowest BCUT2D eigenvalue weighted by molar-refractivity contribution is 0.437. The monoisotopic (exact) mass is 299 g/mol. The second-order valence-corrected chi connectivity index (χ2v) is 6.97. The van der Waals surface area contributed by atoms with Crippen molar-refractivity contribution in [3.63, 3.8) is 0 Å². The van der Waals surface area contributed by atoms with E-state index in [-0.39, 0.29) is 5.54 Å². The molecule has 0 heterocycles. The van der Waals surface area contributed by atoms with Crippen LogP contribution in [0.2, 0.25) is 10.0 Å². The fourth-order valence-corrected chi connectivity index (χ4v) is 1.91. The molecule has 0 aromatic heterocycles. The van der Waals surface area contributed by atoms with Gasteiger partial charge in [-0.3, -0.25) is 0 Å². The first-order valence-electron chi connectivity index (χ1n) is 6.59. The van der Waals surface area contributed by atoms with Crippen molar-refractivity contribution in [3.8, 4) is 0 Å². The van der Waals surface area contributed by atoms with Gasteiger partial charge < -0.3 is 5.32 Å². The van der Waals surface area contributed by atoms with E-state index < -0.39 is 0 Å². The maximum Gasteiger partial charge on any atom is 0.0598 e. The summed E-state index contributed by atoms with van der Waals surface area (Å²) in [6.45, 7) is 11.8. The van der Waals surface area contributed by atoms with Crippen LogP contribution < -0.4 is 5.32 Å². The van der Waals surface area contributed by atoms with Gasteiger partial charge >= 0.3 is 0 Å². The van der Waals surface area contributed by atoms with Gasteiger partial charge in [0.05, 0.1) is 10.0 Å². The van der Waals surface area contributed by atoms with Crippen LogP contribution in [-0.4, -0.2) is 12.1 Å². The van der Waals surface area contributed by atoms with Crippen LogP contribution in [0.5, 0.6) is 0 Å². The minimum absolute atomic E-state index is 0.117. The summed E-state index contributed by atoms with van der Waals surface area (Å²) in [7, 11) is 0. The molecule has 19 heavy (non-hydrogen) atoms. The van der Waals surface area contributed by atoms with Gasteiger partial charge in [-0.1, -0.05) is 54.8 Å². The number of hydrogen-bond acceptors (Lipinski definition) is 1. The summed E-state index contributed by atoms with van der Waals surface area (Å²) in [5, 5.41) is 4.72. The van der Waals surface area contributed by atoms with Gasteiger partial charge in [0, 0.05) is 12.1 Å². The second-order valence-electron chi connectivity index (χ2n) is 6.15. The first-order valence-corrected chi connectivity index (χ1v) is 7.35. The van der Waals surface area contributed by atoms with Crippen LogP contribution in [-0.2, 0) is 0 Å². The molecule has 0 unspecified atom stereocenters. The molecule has 0 amide bonds. The van der Waals surface area contributed by atoms with Crippen LogP contribution in [0.3, 0.4) is 0 Å². The zero-order valence-corrected chi connectivity index (χ0v) is 13.9. The summed E-state index contributed by atoms with van der Waals surface area (Å²) in [5.74, 6) is 0.490. The van der Waals surface area contributed by atoms with Gasteiger partial charge in [0.25, 0.3) is 0 Å². The Bertz CT molecular complexity index is 456. The Hall–Kier alpha value is -0.500. The van der Waals surface area contributed by atoms with E-state index in [4.69, 9.17) is 23.2 Å². The summed E-state index contributed by atoms with van der Waals surface area (Å²) < 4.78 is 0. The van der Waals surface area contributed by atoms with Crippen LogP contribution >= 0.6 is 23.2 Å². The molecule has 0 radical (unpaired) electrons. The van der Waals surface area contributed by atoms with Crippen LogP contribution in [0.4, 0.5) is 0 Å². The summed E-state index contributed by atoms with van der Waals surface area (Å²) in [5.41, 5.74) is 2.56. The van der Waals surface area contributed by atoms with Crippen LogP contribution in [0, 0.1) is 5.92 Å². The van der Waals surface area contributed by atoms with Gasteiger partial charge in [-0.2, -0.15) is 0 Å². The average molecular weight is 300 g/mol. The van der Waals surface area contributed by atoms with Crippen molar-refractivity contribution in [2.75, 3.05) is 6.54 Å². The van der Waals surface area contributed by atoms with Gasteiger partial charge in [-0.05, 0) is 44.4 Å². The van der Waals surface area contributed by atoms with E-state index in [1.807, 2.05) is 18.2 Å². The van der Waals surface area contributed by atoms with Gasteiger partial charge in [0.2, 0.25) is 0 Å². The topological polar surface area (TPSA) is 12.0 Å². The van der Waals surface area contributed by atoms with Crippen LogP contribution in [0.25, 0.3) is 6.08 Å². The van der Waals surface area contributed by atoms with E-state index in [2.05, 4.69) is 46.0 Å². The van der Waals surface area contributed by atoms with Gasteiger partial charge in [-0.15, -0.1) is 0 Å². The molecule has 0 fully saturated rings. The fourth-order valence-electron chi connectivity index (χ4n) is 1.61. The van der Waals surface area contributed by atoms with Crippen LogP contribution in [0.1, 0.15) is 40.2 Å². The van der Waals surface area contributed by atoms with E-state index in [9.17, 15) is 0 Å². The lowest BCUT2D eigenvalue weighted by Gasteiger charge is -2.23. The Kier molecular flexibility index (Phi) is 5.91. The smallest absolute Gasteiger partial charge is 0.0598 e. The van der Waals surface area contributed by atoms with Crippen molar-refractivity contribution in [3.05, 3.63) is 39.4 Å². The van der Waals surface area contributed by atoms with Crippen molar-refractivity contribution in [2.24, 2.45) is 5.92 Å². The van der Waals surface area contributed by atoms with E-state index in [0.29, 0.717) is 16.0 Å². The van der Waals surface area contributed by atoms with Gasteiger partial charge in [0.15, 0.2) is 0 Å². The largest absolute Gasteiger partial charge is 0.308 e. The Balaban J connectivity index is 2.91. The van der Waals surface area contributed by atoms with Crippen LogP contribution in [0.15, 0.2) is 23.8 Å². The lowest BCUT2D eigenvalue weighted by atomic mass is 9.98. The molecule has 0 aliphatic heterocycles. The SMILES string of the molecule is CC(C)C(=Cc1ccc(Cl)c(Cl)c1)CNC(C)(C)C. The maximum atomic E-state index is 6.05. The number of rotatable bonds is 4. The van der Waals surface area contributed by atoms with E-state index >= 15 is 0 Å². The minimum Gasteiger partial charge on any atom is -0.308 e. The number of halogens is 2. The summed E-state index contributed by atoms with van der Waals surface area (Å²) >= 11 is 12.0. The summed E-state index contributed by atoms with van der Waals surface area (Å²) in [6, 6.07) is 5.74. The number of benzene rings is 1. The summed E-state index contributed by atoms with van der Waals surface area (Å²) in [4.78, 5) is 0. The standard InChI is InChI=1S/C16H23Cl2N/c1-11(2)13(10-19-16(3,4)5)8-12-6-7-14(17)15(18)9-12/h6-9,11,19H,10H2,1-5H3. The zero-order chi connectivity index (χ0) is 14.6. The minimum atomic E-state index is 0.117. The van der Waals surface area contributed by atoms with Gasteiger partial charge in [0.1, 0.15) is 0 Å². The van der Waals surface area contributed by atoms with E-state index in [0.717, 1.165) is 12.1 Å². The molecule has 1 aromatic rings. The molecule has 106 valence electrons. The lowest BCUT2D eigenvalue weighted by Crippen LogP contribution is -2.37. The molecule has 0 aliphatic rings. The average Bonchev–Trinajstić information content (AvgIpc) is 2.27. The summed E-state index contributed by atoms with van der Waals surface area (Å²) in [6.07, 6.45) is 2.19. The molecule has 1 aromatic carbocycles. The number of hydrogen-bond donors (Lipinski definition) is 1. The molecule has 0 saturated carbocycles. The number of nitrogens with one attached hydrogen (secondary N) is 1. The van der Waals surface area contributed by atoms with Crippen molar-refractivity contribution >= 4 is 29.3 Å². The second kappa shape index (κ2) is 6.78. The third-order valence-electron chi connectivity index (χ3n) is 2.86. The van der Waals surface area contributed by atoms with Crippen molar-refractivity contribution in [1.82, 2.24) is 5.32 Å². The molecule has 0 atom stereocenters. The Morgan fingerprint density at radius 1 is 1.21 bits per heavy atom. The predicted molar refractivity (Wildman–Crippen MR) is 87.0 cm³/mol. The molecule has 3 heteroatoms. The zero-order valence-electron chi connectivity index (χ0n) is 12.3. The van der Waals surface area contributed by atoms with Crippen molar-refractivity contribution in [2.45, 2.75) is 40.2 Å². The first-order chi connectivity index (χ1) is 8.69. The Morgan fingerprint density at radius 2 is 1.84 bits per heavy atom. The molecule has 1 rings (SSSR count). The molecule has 0 bridgehead atoms. The Morgan fingerprint density at radius 3 is 2.32 bits per heavy atom. The molecular formula is C16H23Cl2N. The first kappa shape index (κ1) is 16.6. The van der Waals surface area contributed by atoms with Crippen molar-refractivity contribution in [1.29, 1.82) is 0 Å². The third-order valence-corrected chi connectivity index (χ3v) is 3.60. The van der Waals surface area contributed by atoms with Crippen molar-refractivity contribution < 1.29 is 0 Å². The maximum absolute atomic E-state index is 6.05. The normalized spacial score (nSPS) is 13.2. The Labute approximate surface area is 127 Å². The molecule has 1 nitrogen and oxygen atoms in total. The molecule has 0 aliphatic carbocycles.